The summed E-state index contributed by atoms with van der Waals surface area (Å²) < 4.78 is 97.0. The van der Waals surface area contributed by atoms with E-state index >= 15 is 4.79 Å². The molecule has 14 atom stereocenters. The lowest BCUT2D eigenvalue weighted by atomic mass is 9.71. The number of nitrogens with zero attached hydrogens (tertiary/aromatic N) is 6. The molecule has 0 amide bonds. The number of benzene rings is 6. The number of aromatic hydroxyl groups is 1. The van der Waals surface area contributed by atoms with Gasteiger partial charge in [-0.25, -0.2) is 14.4 Å². The number of hydrogen-bond acceptors (Lipinski definition) is 32. The van der Waals surface area contributed by atoms with E-state index in [1.165, 1.54) is 51.6 Å². The summed E-state index contributed by atoms with van der Waals surface area (Å²) in [5, 5.41) is 39.3. The summed E-state index contributed by atoms with van der Waals surface area (Å²) >= 11 is 3.03. The number of phenolic OH excluding ortho intramolecular Hbond substituents is 1. The number of hydrogen-bond donors (Lipinski definition) is 3. The fourth-order valence-electron chi connectivity index (χ4n) is 21.2. The summed E-state index contributed by atoms with van der Waals surface area (Å²) in [5.74, 6) is 3.95. The van der Waals surface area contributed by atoms with Gasteiger partial charge in [-0.15, -0.1) is 23.5 Å². The molecule has 0 aliphatic carbocycles. The van der Waals surface area contributed by atoms with Crippen LogP contribution in [-0.2, 0) is 70.1 Å². The molecule has 2 unspecified atom stereocenters. The van der Waals surface area contributed by atoms with E-state index in [-0.39, 0.29) is 85.5 Å². The number of nitrogens with one attached hydrogen (secondary N) is 2. The topological polar surface area (TPSA) is 338 Å². The number of piperazine rings is 2. The lowest BCUT2D eigenvalue weighted by Gasteiger charge is -2.62. The maximum atomic E-state index is 15.1. The van der Waals surface area contributed by atoms with Crippen molar-refractivity contribution in [3.8, 4) is 92.6 Å². The molecule has 628 valence electrons. The highest BCUT2D eigenvalue weighted by Crippen LogP contribution is 2.68. The Morgan fingerprint density at radius 2 is 0.941 bits per heavy atom. The number of esters is 4. The minimum absolute atomic E-state index is 0.0108. The molecule has 30 nitrogen and oxygen atoms in total. The molecule has 14 aliphatic rings. The van der Waals surface area contributed by atoms with E-state index in [2.05, 4.69) is 61.6 Å². The van der Waals surface area contributed by atoms with Gasteiger partial charge in [-0.1, -0.05) is 12.1 Å². The van der Waals surface area contributed by atoms with Gasteiger partial charge in [0.2, 0.25) is 13.6 Å². The number of carbonyl (C=O) groups excluding carboxylic acids is 5. The molecule has 119 heavy (non-hydrogen) atoms. The van der Waals surface area contributed by atoms with E-state index in [1.807, 2.05) is 34.7 Å². The number of carbonyl (C=O) groups is 5. The van der Waals surface area contributed by atoms with Crippen molar-refractivity contribution in [2.45, 2.75) is 176 Å². The number of aryl methyl sites for hydroxylation is 2. The molecule has 20 rings (SSSR count). The van der Waals surface area contributed by atoms with Gasteiger partial charge in [0, 0.05) is 107 Å². The van der Waals surface area contributed by atoms with Gasteiger partial charge in [-0.3, -0.25) is 39.8 Å². The standard InChI is InChI=1S/C46H52N4O12S.C41H44N4O10S/c1-21-13-25-14-27-28(17-47)50-29-18-57-43(52)46(26-16-30(54-8)31(15-24(26)11-12-48-46)61-44(53)62-45(4,5)6)19-63-42(36(50)35(49(27)7)32(25)40(56-10)37(21)55-9)34-33(29)41-39(58-20-59-41)22(2)38(34)60-23(3)51;1-18-10-22-11-24-25(14-42)45-26-15-52-40(48)41(23-13-28(49-5)27(47)12-21(23)8-9-43-41)16-56-39(33(45)32(44(24)4)29(22)37(51-7)34(18)50-6)31-30(26)38-36(53-17-54-38)19(2)35(31)55-20(3)46/h13,15-16,27-29,35-36,42,48H,11-12,14,18-20H2,1-10H3;10,12-13,24-26,32-33,39,43,47H,8-9,11,15-17H2,1-7H3/t27-,28-,29-,35+,36?,42+,46+;24-,25-,26-,32+,33?,39+,41+/m00/s1. The number of likely N-dealkylation sites (N-methyl/N-ethyl adjacent to an activating group) is 2. The largest absolute Gasteiger partial charge is 0.514 e. The molecular weight excluding hydrogens is 1570 g/mol. The Morgan fingerprint density at radius 1 is 0.521 bits per heavy atom. The molecule has 32 heteroatoms. The van der Waals surface area contributed by atoms with E-state index in [1.54, 1.807) is 73.5 Å². The minimum Gasteiger partial charge on any atom is -0.504 e. The maximum Gasteiger partial charge on any atom is 0.514 e. The first-order valence-electron chi connectivity index (χ1n) is 39.7. The summed E-state index contributed by atoms with van der Waals surface area (Å²) in [7, 11) is 13.6. The van der Waals surface area contributed by atoms with Crippen molar-refractivity contribution in [3.63, 3.8) is 0 Å². The zero-order valence-corrected chi connectivity index (χ0v) is 71.0. The molecule has 3 N–H and O–H groups in total. The van der Waals surface area contributed by atoms with E-state index in [0.717, 1.165) is 50.1 Å². The summed E-state index contributed by atoms with van der Waals surface area (Å²) in [4.78, 5) is 77.9. The molecule has 6 aromatic carbocycles. The van der Waals surface area contributed by atoms with Crippen LogP contribution in [0.25, 0.3) is 0 Å². The SMILES string of the molecule is COc1cc2c(cc1O)CCN[C@]21CS[C@@H]2c3c(OC(C)=O)c(C)c4c(c3[C@H](COC1=O)N1C2[C@H]2c3c(cc(C)c(OC)c3OC)C[C@@H]([C@@H]1C#N)N2C)OCO4.COc1cc2c(cc1OC(=O)OC(C)(C)C)CCN[C@]21CS[C@@H]2c3c(OC(C)=O)c(C)c4c(c3[C@H](COC1=O)N1C2[C@H]2c3c(cc(C)c(OC)c3OC)C[C@@H]([C@@H]1C#N)N2C)OCO4. The van der Waals surface area contributed by atoms with Crippen molar-refractivity contribution in [2.24, 2.45) is 0 Å². The summed E-state index contributed by atoms with van der Waals surface area (Å²) in [6.07, 6.45) is 1.32. The van der Waals surface area contributed by atoms with Crippen LogP contribution in [0, 0.1) is 50.4 Å². The van der Waals surface area contributed by atoms with Gasteiger partial charge in [-0.2, -0.15) is 10.5 Å². The van der Waals surface area contributed by atoms with Crippen LogP contribution in [0.1, 0.15) is 158 Å². The summed E-state index contributed by atoms with van der Waals surface area (Å²) in [6.45, 7) is 16.1. The fourth-order valence-corrected chi connectivity index (χ4v) is 24.5. The van der Waals surface area contributed by atoms with Gasteiger partial charge in [0.15, 0.2) is 80.1 Å². The summed E-state index contributed by atoms with van der Waals surface area (Å²) in [6, 6.07) is 11.5. The molecule has 2 spiro atoms. The number of fused-ring (bicyclic) bond motifs is 18. The smallest absolute Gasteiger partial charge is 0.504 e. The van der Waals surface area contributed by atoms with Crippen LogP contribution in [0.2, 0.25) is 0 Å². The van der Waals surface area contributed by atoms with Crippen molar-refractivity contribution in [1.29, 1.82) is 10.5 Å². The van der Waals surface area contributed by atoms with Gasteiger partial charge < -0.3 is 80.9 Å². The van der Waals surface area contributed by atoms with Crippen molar-refractivity contribution < 1.29 is 105 Å². The quantitative estimate of drug-likeness (QED) is 0.0524. The molecule has 0 saturated carbocycles. The number of ether oxygens (including phenoxy) is 16. The third kappa shape index (κ3) is 12.5. The summed E-state index contributed by atoms with van der Waals surface area (Å²) in [5.41, 5.74) is 9.15. The van der Waals surface area contributed by atoms with Crippen LogP contribution in [0.4, 0.5) is 4.79 Å². The first-order chi connectivity index (χ1) is 57.1. The highest BCUT2D eigenvalue weighted by molar-refractivity contribution is 7.99. The normalized spacial score (nSPS) is 27.7. The molecule has 14 heterocycles. The zero-order valence-electron chi connectivity index (χ0n) is 69.4. The number of thioether (sulfide) groups is 2. The Balaban J connectivity index is 0.000000171. The number of methoxy groups -OCH3 is 6. The molecule has 4 fully saturated rings. The van der Waals surface area contributed by atoms with E-state index in [4.69, 9.17) is 75.8 Å². The van der Waals surface area contributed by atoms with Crippen LogP contribution in [-0.4, -0.2) is 205 Å². The Morgan fingerprint density at radius 3 is 1.34 bits per heavy atom. The molecule has 4 saturated heterocycles. The second kappa shape index (κ2) is 30.4. The van der Waals surface area contributed by atoms with Crippen molar-refractivity contribution >= 4 is 53.6 Å². The Hall–Kier alpha value is -10.3. The van der Waals surface area contributed by atoms with Crippen LogP contribution in [0.3, 0.4) is 0 Å². The average Bonchev–Trinajstić information content (AvgIpc) is 1.09. The minimum atomic E-state index is -1.42. The number of nitriles is 2. The van der Waals surface area contributed by atoms with Crippen LogP contribution >= 0.6 is 23.5 Å². The molecule has 6 aromatic rings. The Labute approximate surface area is 697 Å². The Kier molecular flexibility index (Phi) is 20.7. The highest BCUT2D eigenvalue weighted by atomic mass is 32.2. The van der Waals surface area contributed by atoms with Gasteiger partial charge in [0.25, 0.3) is 0 Å². The van der Waals surface area contributed by atoms with Gasteiger partial charge in [-0.05, 0) is 157 Å². The molecule has 8 bridgehead atoms. The lowest BCUT2D eigenvalue weighted by Crippen LogP contribution is -2.69. The first-order valence-corrected chi connectivity index (χ1v) is 41.8. The second-order valence-corrected chi connectivity index (χ2v) is 35.4. The predicted octanol–water partition coefficient (Wildman–Crippen LogP) is 10.2. The molecule has 0 radical (unpaired) electrons. The van der Waals surface area contributed by atoms with E-state index < -0.39 is 93.5 Å². The Bertz CT molecular complexity index is 5370. The first kappa shape index (κ1) is 81.1. The van der Waals surface area contributed by atoms with Crippen LogP contribution in [0.15, 0.2) is 36.4 Å². The third-order valence-electron chi connectivity index (χ3n) is 25.8. The molecule has 0 aromatic heterocycles. The van der Waals surface area contributed by atoms with Gasteiger partial charge in [0.1, 0.15) is 42.4 Å². The molecule has 14 aliphatic heterocycles. The predicted molar refractivity (Wildman–Crippen MR) is 431 cm³/mol. The monoisotopic (exact) mass is 1670 g/mol. The van der Waals surface area contributed by atoms with Gasteiger partial charge in [0.05, 0.1) is 89.5 Å². The average molecular weight is 1670 g/mol. The zero-order chi connectivity index (χ0) is 84.2. The van der Waals surface area contributed by atoms with Gasteiger partial charge >= 0.3 is 30.0 Å². The van der Waals surface area contributed by atoms with Crippen molar-refractivity contribution in [1.82, 2.24) is 30.2 Å². The van der Waals surface area contributed by atoms with Crippen LogP contribution in [0.5, 0.6) is 80.5 Å². The third-order valence-corrected chi connectivity index (χ3v) is 28.8. The number of phenols is 1. The van der Waals surface area contributed by atoms with E-state index in [0.29, 0.717) is 135 Å². The lowest BCUT2D eigenvalue weighted by molar-refractivity contribution is -0.158. The van der Waals surface area contributed by atoms with E-state index in [9.17, 15) is 34.8 Å². The molecular formula is C87H96N8O22S2. The number of rotatable bonds is 9. The highest BCUT2D eigenvalue weighted by Gasteiger charge is 2.65. The fraction of sp³-hybridized carbons (Fsp3) is 0.506. The second-order valence-electron chi connectivity index (χ2n) is 33.1. The van der Waals surface area contributed by atoms with Crippen molar-refractivity contribution in [3.05, 3.63) is 125 Å². The van der Waals surface area contributed by atoms with Crippen LogP contribution < -0.4 is 72.2 Å². The van der Waals surface area contributed by atoms with Crippen molar-refractivity contribution in [2.75, 3.05) is 108 Å². The maximum absolute atomic E-state index is 15.1.